The van der Waals surface area contributed by atoms with Crippen LogP contribution in [0.25, 0.3) is 0 Å². The number of rotatable bonds is 4. The molecule has 5 nitrogen and oxygen atoms in total. The van der Waals surface area contributed by atoms with Gasteiger partial charge >= 0.3 is 0 Å². The number of benzene rings is 1. The van der Waals surface area contributed by atoms with E-state index in [0.29, 0.717) is 29.4 Å². The molecular formula is C14H15ClN4O. The molecule has 0 saturated heterocycles. The zero-order valence-electron chi connectivity index (χ0n) is 11.1. The lowest BCUT2D eigenvalue weighted by Crippen LogP contribution is -2.17. The van der Waals surface area contributed by atoms with Gasteiger partial charge in [0.05, 0.1) is 0 Å². The Morgan fingerprint density at radius 3 is 2.80 bits per heavy atom. The quantitative estimate of drug-likeness (QED) is 0.846. The van der Waals surface area contributed by atoms with Gasteiger partial charge in [-0.3, -0.25) is 10.1 Å². The number of hydrogen-bond acceptors (Lipinski definition) is 4. The molecule has 0 radical (unpaired) electrons. The lowest BCUT2D eigenvalue weighted by Gasteiger charge is -2.09. The van der Waals surface area contributed by atoms with Crippen molar-refractivity contribution in [1.29, 1.82) is 0 Å². The molecule has 2 aromatic rings. The first-order valence-electron chi connectivity index (χ1n) is 6.20. The highest BCUT2D eigenvalue weighted by Gasteiger charge is 2.12. The Morgan fingerprint density at radius 2 is 2.10 bits per heavy atom. The lowest BCUT2D eigenvalue weighted by molar-refractivity contribution is 0.102. The van der Waals surface area contributed by atoms with Crippen LogP contribution in [0.4, 0.5) is 5.95 Å². The van der Waals surface area contributed by atoms with Crippen LogP contribution in [0.3, 0.4) is 0 Å². The van der Waals surface area contributed by atoms with Crippen LogP contribution in [0.2, 0.25) is 5.15 Å². The summed E-state index contributed by atoms with van der Waals surface area (Å²) in [5, 5.41) is 2.95. The van der Waals surface area contributed by atoms with Crippen LogP contribution in [0.5, 0.6) is 0 Å². The number of carbonyl (C=O) groups excluding carboxylic acids is 1. The standard InChI is InChI=1S/C14H15ClN4O/c1-9-8-12(15)18-14(17-9)19-13(20)11-5-3-2-4-10(11)6-7-16/h2-5,8H,6-7,16H2,1H3,(H,17,18,19,20). The average molecular weight is 291 g/mol. The first kappa shape index (κ1) is 14.4. The van der Waals surface area contributed by atoms with Gasteiger partial charge in [0, 0.05) is 11.3 Å². The monoisotopic (exact) mass is 290 g/mol. The molecule has 0 atom stereocenters. The molecule has 1 amide bonds. The minimum atomic E-state index is -0.268. The fourth-order valence-corrected chi connectivity index (χ4v) is 2.11. The van der Waals surface area contributed by atoms with Crippen LogP contribution in [-0.4, -0.2) is 22.4 Å². The van der Waals surface area contributed by atoms with Gasteiger partial charge in [-0.1, -0.05) is 29.8 Å². The van der Waals surface area contributed by atoms with E-state index in [0.717, 1.165) is 5.56 Å². The predicted octanol–water partition coefficient (Wildman–Crippen LogP) is 2.19. The number of anilines is 1. The van der Waals surface area contributed by atoms with Crippen molar-refractivity contribution in [3.63, 3.8) is 0 Å². The molecule has 0 spiro atoms. The van der Waals surface area contributed by atoms with E-state index in [9.17, 15) is 4.79 Å². The fraction of sp³-hybridized carbons (Fsp3) is 0.214. The molecule has 0 bridgehead atoms. The summed E-state index contributed by atoms with van der Waals surface area (Å²) in [6, 6.07) is 8.93. The molecule has 0 aliphatic carbocycles. The lowest BCUT2D eigenvalue weighted by atomic mass is 10.0. The second-order valence-corrected chi connectivity index (χ2v) is 4.69. The third-order valence-electron chi connectivity index (χ3n) is 2.72. The molecule has 0 saturated carbocycles. The molecule has 0 fully saturated rings. The molecule has 6 heteroatoms. The molecule has 1 heterocycles. The molecule has 3 N–H and O–H groups in total. The van der Waals surface area contributed by atoms with Crippen LogP contribution >= 0.6 is 11.6 Å². The SMILES string of the molecule is Cc1cc(Cl)nc(NC(=O)c2ccccc2CCN)n1. The van der Waals surface area contributed by atoms with Crippen LogP contribution in [0.1, 0.15) is 21.6 Å². The first-order valence-corrected chi connectivity index (χ1v) is 6.58. The molecule has 0 unspecified atom stereocenters. The summed E-state index contributed by atoms with van der Waals surface area (Å²) in [6.07, 6.45) is 0.638. The number of carbonyl (C=O) groups is 1. The third-order valence-corrected chi connectivity index (χ3v) is 2.92. The highest BCUT2D eigenvalue weighted by Crippen LogP contribution is 2.13. The fourth-order valence-electron chi connectivity index (χ4n) is 1.87. The molecule has 1 aromatic heterocycles. The van der Waals surface area contributed by atoms with E-state index in [1.165, 1.54) is 0 Å². The summed E-state index contributed by atoms with van der Waals surface area (Å²) >= 11 is 5.84. The number of aryl methyl sites for hydroxylation is 1. The summed E-state index contributed by atoms with van der Waals surface area (Å²) < 4.78 is 0. The van der Waals surface area contributed by atoms with Gasteiger partial charge in [-0.05, 0) is 37.6 Å². The second kappa shape index (κ2) is 6.45. The number of aromatic nitrogens is 2. The van der Waals surface area contributed by atoms with E-state index in [4.69, 9.17) is 17.3 Å². The van der Waals surface area contributed by atoms with Crippen molar-refractivity contribution in [2.45, 2.75) is 13.3 Å². The molecule has 0 aliphatic heterocycles. The van der Waals surface area contributed by atoms with Crippen molar-refractivity contribution in [2.75, 3.05) is 11.9 Å². The van der Waals surface area contributed by atoms with E-state index in [-0.39, 0.29) is 11.9 Å². The van der Waals surface area contributed by atoms with Crippen molar-refractivity contribution < 1.29 is 4.79 Å². The van der Waals surface area contributed by atoms with Crippen LogP contribution in [0.15, 0.2) is 30.3 Å². The molecular weight excluding hydrogens is 276 g/mol. The summed E-state index contributed by atoms with van der Waals surface area (Å²) in [5.74, 6) is -0.0710. The van der Waals surface area contributed by atoms with Crippen molar-refractivity contribution >= 4 is 23.5 Å². The Bertz CT molecular complexity index is 610. The normalized spacial score (nSPS) is 10.3. The minimum absolute atomic E-state index is 0.197. The summed E-state index contributed by atoms with van der Waals surface area (Å²) in [5.41, 5.74) is 7.70. The number of nitrogens with one attached hydrogen (secondary N) is 1. The van der Waals surface area contributed by atoms with Crippen LogP contribution in [-0.2, 0) is 6.42 Å². The van der Waals surface area contributed by atoms with E-state index in [1.807, 2.05) is 12.1 Å². The highest BCUT2D eigenvalue weighted by atomic mass is 35.5. The Balaban J connectivity index is 2.23. The summed E-state index contributed by atoms with van der Waals surface area (Å²) in [4.78, 5) is 20.4. The van der Waals surface area contributed by atoms with Crippen molar-refractivity contribution in [3.05, 3.63) is 52.3 Å². The Morgan fingerprint density at radius 1 is 1.35 bits per heavy atom. The van der Waals surface area contributed by atoms with E-state index in [1.54, 1.807) is 25.1 Å². The largest absolute Gasteiger partial charge is 0.330 e. The third kappa shape index (κ3) is 3.53. The summed E-state index contributed by atoms with van der Waals surface area (Å²) in [6.45, 7) is 2.27. The number of nitrogens with two attached hydrogens (primary N) is 1. The summed E-state index contributed by atoms with van der Waals surface area (Å²) in [7, 11) is 0. The van der Waals surface area contributed by atoms with Gasteiger partial charge in [0.25, 0.3) is 5.91 Å². The van der Waals surface area contributed by atoms with Gasteiger partial charge in [-0.2, -0.15) is 0 Å². The maximum Gasteiger partial charge on any atom is 0.258 e. The molecule has 104 valence electrons. The molecule has 20 heavy (non-hydrogen) atoms. The second-order valence-electron chi connectivity index (χ2n) is 4.31. The van der Waals surface area contributed by atoms with Crippen LogP contribution < -0.4 is 11.1 Å². The maximum atomic E-state index is 12.3. The number of amides is 1. The van der Waals surface area contributed by atoms with Gasteiger partial charge in [0.1, 0.15) is 5.15 Å². The highest BCUT2D eigenvalue weighted by molar-refractivity contribution is 6.29. The van der Waals surface area contributed by atoms with Gasteiger partial charge < -0.3 is 5.73 Å². The van der Waals surface area contributed by atoms with Gasteiger partial charge in [-0.25, -0.2) is 9.97 Å². The van der Waals surface area contributed by atoms with Gasteiger partial charge in [0.2, 0.25) is 5.95 Å². The number of halogens is 1. The Labute approximate surface area is 122 Å². The Hall–Kier alpha value is -1.98. The van der Waals surface area contributed by atoms with Gasteiger partial charge in [0.15, 0.2) is 0 Å². The first-order chi connectivity index (χ1) is 9.60. The number of nitrogens with zero attached hydrogens (tertiary/aromatic N) is 2. The Kier molecular flexibility index (Phi) is 4.65. The van der Waals surface area contributed by atoms with E-state index < -0.39 is 0 Å². The van der Waals surface area contributed by atoms with Crippen LogP contribution in [0, 0.1) is 6.92 Å². The van der Waals surface area contributed by atoms with Crippen molar-refractivity contribution in [1.82, 2.24) is 9.97 Å². The zero-order valence-corrected chi connectivity index (χ0v) is 11.8. The van der Waals surface area contributed by atoms with Gasteiger partial charge in [-0.15, -0.1) is 0 Å². The van der Waals surface area contributed by atoms with Crippen molar-refractivity contribution in [3.8, 4) is 0 Å². The maximum absolute atomic E-state index is 12.3. The smallest absolute Gasteiger partial charge is 0.258 e. The number of hydrogen-bond donors (Lipinski definition) is 2. The molecule has 1 aromatic carbocycles. The topological polar surface area (TPSA) is 80.9 Å². The minimum Gasteiger partial charge on any atom is -0.330 e. The zero-order chi connectivity index (χ0) is 14.5. The van der Waals surface area contributed by atoms with Crippen molar-refractivity contribution in [2.24, 2.45) is 5.73 Å². The average Bonchev–Trinajstić information content (AvgIpc) is 2.38. The predicted molar refractivity (Wildman–Crippen MR) is 78.9 cm³/mol. The molecule has 2 rings (SSSR count). The molecule has 0 aliphatic rings. The van der Waals surface area contributed by atoms with E-state index in [2.05, 4.69) is 15.3 Å². The van der Waals surface area contributed by atoms with E-state index >= 15 is 0 Å².